The van der Waals surface area contributed by atoms with Crippen LogP contribution in [0.1, 0.15) is 25.1 Å². The third-order valence-electron chi connectivity index (χ3n) is 4.17. The van der Waals surface area contributed by atoms with Crippen LogP contribution in [0.25, 0.3) is 0 Å². The molecular weight excluding hydrogens is 456 g/mol. The number of nitrogens with one attached hydrogen (secondary N) is 2. The number of amides is 1. The Hall–Kier alpha value is -4.01. The van der Waals surface area contributed by atoms with Crippen molar-refractivity contribution in [2.24, 2.45) is 4.36 Å². The molecule has 176 valence electrons. The summed E-state index contributed by atoms with van der Waals surface area (Å²) in [5, 5.41) is 15.6. The number of carbonyl (C=O) groups excluding carboxylic acids is 1. The van der Waals surface area contributed by atoms with Gasteiger partial charge in [0.2, 0.25) is 5.95 Å². The van der Waals surface area contributed by atoms with Gasteiger partial charge in [0.25, 0.3) is 0 Å². The number of rotatable bonds is 7. The predicted octanol–water partition coefficient (Wildman–Crippen LogP) is 3.47. The molecule has 0 saturated heterocycles. The number of nitrogens with zero attached hydrogens (tertiary/aromatic N) is 4. The van der Waals surface area contributed by atoms with Gasteiger partial charge in [0.15, 0.2) is 0 Å². The number of pyridine rings is 1. The van der Waals surface area contributed by atoms with Gasteiger partial charge in [-0.3, -0.25) is 4.36 Å². The summed E-state index contributed by atoms with van der Waals surface area (Å²) >= 11 is 0. The maximum absolute atomic E-state index is 12.1. The molecule has 0 fully saturated rings. The topological polar surface area (TPSA) is 139 Å². The number of aromatic nitrogens is 3. The molecule has 2 aromatic heterocycles. The average molecular weight is 480 g/mol. The number of anilines is 3. The zero-order valence-corrected chi connectivity index (χ0v) is 19.4. The Bertz CT molecular complexity index is 1270. The van der Waals surface area contributed by atoms with Crippen LogP contribution in [0, 0.1) is 11.8 Å². The molecule has 1 aromatic carbocycles. The number of aliphatic hydroxyl groups excluding tert-OH is 1. The maximum atomic E-state index is 12.1. The van der Waals surface area contributed by atoms with Crippen LogP contribution in [0.2, 0.25) is 0 Å². The molecule has 2 heterocycles. The quantitative estimate of drug-likeness (QED) is 0.343. The highest BCUT2D eigenvalue weighted by atomic mass is 32.2. The molecule has 10 nitrogen and oxygen atoms in total. The summed E-state index contributed by atoms with van der Waals surface area (Å²) in [7, 11) is -1.87. The van der Waals surface area contributed by atoms with E-state index in [2.05, 4.69) is 46.5 Å². The van der Waals surface area contributed by atoms with Gasteiger partial charge < -0.3 is 24.7 Å². The first-order valence-corrected chi connectivity index (χ1v) is 11.4. The summed E-state index contributed by atoms with van der Waals surface area (Å²) in [5.41, 5.74) is 1.78. The van der Waals surface area contributed by atoms with Crippen LogP contribution in [-0.2, 0) is 19.5 Å². The minimum atomic E-state index is -1.87. The van der Waals surface area contributed by atoms with Crippen LogP contribution < -0.4 is 10.6 Å². The average Bonchev–Trinajstić information content (AvgIpc) is 2.84. The monoisotopic (exact) mass is 479 g/mol. The van der Waals surface area contributed by atoms with E-state index in [9.17, 15) is 14.1 Å². The van der Waals surface area contributed by atoms with E-state index in [1.807, 2.05) is 19.1 Å². The second-order valence-electron chi connectivity index (χ2n) is 6.84. The first-order valence-electron chi connectivity index (χ1n) is 10.3. The highest BCUT2D eigenvalue weighted by Crippen LogP contribution is 2.19. The Labute approximate surface area is 199 Å². The van der Waals surface area contributed by atoms with Crippen molar-refractivity contribution in [3.8, 4) is 11.8 Å². The molecule has 1 amide bonds. The summed E-state index contributed by atoms with van der Waals surface area (Å²) in [6.45, 7) is 3.52. The van der Waals surface area contributed by atoms with Gasteiger partial charge in [0, 0.05) is 17.9 Å². The lowest BCUT2D eigenvalue weighted by Gasteiger charge is -2.14. The second-order valence-corrected chi connectivity index (χ2v) is 7.99. The fraction of sp³-hybridized carbons (Fsp3) is 0.217. The zero-order valence-electron chi connectivity index (χ0n) is 18.6. The molecule has 3 aromatic rings. The first kappa shape index (κ1) is 24.6. The van der Waals surface area contributed by atoms with E-state index in [-0.39, 0.29) is 19.3 Å². The van der Waals surface area contributed by atoms with Gasteiger partial charge in [-0.15, -0.1) is 10.6 Å². The van der Waals surface area contributed by atoms with E-state index >= 15 is 0 Å². The maximum Gasteiger partial charge on any atom is 0.410 e. The van der Waals surface area contributed by atoms with Crippen molar-refractivity contribution in [2.45, 2.75) is 24.8 Å². The van der Waals surface area contributed by atoms with Crippen LogP contribution in [-0.4, -0.2) is 45.4 Å². The molecular formula is C23H23N6O4S-. The van der Waals surface area contributed by atoms with Crippen LogP contribution in [0.5, 0.6) is 0 Å². The molecule has 34 heavy (non-hydrogen) atoms. The summed E-state index contributed by atoms with van der Waals surface area (Å²) in [5.74, 6) is 6.71. The van der Waals surface area contributed by atoms with Crippen molar-refractivity contribution in [3.05, 3.63) is 66.1 Å². The van der Waals surface area contributed by atoms with Gasteiger partial charge in [-0.2, -0.15) is 4.98 Å². The van der Waals surface area contributed by atoms with Crippen molar-refractivity contribution >= 4 is 34.1 Å². The van der Waals surface area contributed by atoms with E-state index in [1.165, 1.54) is 0 Å². The van der Waals surface area contributed by atoms with Gasteiger partial charge >= 0.3 is 6.09 Å². The van der Waals surface area contributed by atoms with Crippen LogP contribution in [0.3, 0.4) is 0 Å². The Morgan fingerprint density at radius 2 is 2.00 bits per heavy atom. The fourth-order valence-corrected chi connectivity index (χ4v) is 3.21. The van der Waals surface area contributed by atoms with Crippen molar-refractivity contribution < 1.29 is 18.8 Å². The molecule has 0 spiro atoms. The van der Waals surface area contributed by atoms with Gasteiger partial charge in [-0.05, 0) is 44.0 Å². The molecule has 0 aliphatic carbocycles. The minimum Gasteiger partial charge on any atom is -0.450 e. The molecule has 0 aliphatic heterocycles. The lowest BCUT2D eigenvalue weighted by Crippen LogP contribution is -2.21. The summed E-state index contributed by atoms with van der Waals surface area (Å²) in [6, 6.07) is 11.7. The van der Waals surface area contributed by atoms with E-state index < -0.39 is 16.7 Å². The highest BCUT2D eigenvalue weighted by molar-refractivity contribution is 7.75. The van der Waals surface area contributed by atoms with Crippen molar-refractivity contribution in [3.63, 3.8) is 0 Å². The van der Waals surface area contributed by atoms with Crippen molar-refractivity contribution in [1.82, 2.24) is 15.0 Å². The summed E-state index contributed by atoms with van der Waals surface area (Å²) in [4.78, 5) is 24.7. The summed E-state index contributed by atoms with van der Waals surface area (Å²) < 4.78 is 20.3. The molecule has 3 rings (SSSR count). The van der Waals surface area contributed by atoms with Crippen molar-refractivity contribution in [2.75, 3.05) is 23.8 Å². The van der Waals surface area contributed by atoms with Gasteiger partial charge in [0.05, 0.1) is 25.0 Å². The van der Waals surface area contributed by atoms with Gasteiger partial charge in [0.1, 0.15) is 11.5 Å². The number of carbonyl (C=O) groups is 1. The number of hydrogen-bond acceptors (Lipinski definition) is 10. The van der Waals surface area contributed by atoms with Gasteiger partial charge in [-0.25, -0.2) is 14.8 Å². The highest BCUT2D eigenvalue weighted by Gasteiger charge is 2.09. The molecule has 0 saturated carbocycles. The lowest BCUT2D eigenvalue weighted by molar-refractivity contribution is 0.164. The number of benzene rings is 1. The fourth-order valence-electron chi connectivity index (χ4n) is 2.54. The lowest BCUT2D eigenvalue weighted by atomic mass is 10.2. The molecule has 11 heteroatoms. The number of aliphatic hydroxyl groups is 1. The van der Waals surface area contributed by atoms with Gasteiger partial charge in [-0.1, -0.05) is 29.0 Å². The normalized spacial score (nSPS) is 12.2. The zero-order chi connectivity index (χ0) is 24.3. The smallest absolute Gasteiger partial charge is 0.410 e. The molecule has 1 atom stereocenters. The Morgan fingerprint density at radius 1 is 1.21 bits per heavy atom. The number of ether oxygens (including phenoxy) is 1. The Kier molecular flexibility index (Phi) is 8.90. The predicted molar refractivity (Wildman–Crippen MR) is 128 cm³/mol. The molecule has 0 bridgehead atoms. The van der Waals surface area contributed by atoms with E-state index in [0.717, 1.165) is 0 Å². The van der Waals surface area contributed by atoms with Crippen LogP contribution in [0.15, 0.2) is 64.1 Å². The second kappa shape index (κ2) is 12.3. The SMILES string of the molecule is CCOC(=O)N=[S-](=O)c1ccc(Nc2ncc(C#Cc3ccccn3)c(N[C@H](C)CO)n2)cc1. The minimum absolute atomic E-state index is 0.0880. The number of hydrogen-bond donors (Lipinski definition) is 3. The molecule has 0 radical (unpaired) electrons. The molecule has 0 aliphatic rings. The third-order valence-corrected chi connectivity index (χ3v) is 5.16. The largest absolute Gasteiger partial charge is 0.450 e. The third kappa shape index (κ3) is 7.26. The molecule has 3 N–H and O–H groups in total. The molecule has 0 unspecified atom stereocenters. The first-order chi connectivity index (χ1) is 16.5. The van der Waals surface area contributed by atoms with Crippen LogP contribution >= 0.6 is 0 Å². The Morgan fingerprint density at radius 3 is 2.68 bits per heavy atom. The Balaban J connectivity index is 1.80. The summed E-state index contributed by atoms with van der Waals surface area (Å²) in [6.07, 6.45) is 2.35. The van der Waals surface area contributed by atoms with Crippen molar-refractivity contribution in [1.29, 1.82) is 0 Å². The van der Waals surface area contributed by atoms with Crippen LogP contribution in [0.4, 0.5) is 22.2 Å². The van der Waals surface area contributed by atoms with E-state index in [1.54, 1.807) is 49.6 Å². The standard InChI is InChI=1S/C23H23N6O4S/c1-3-33-23(31)29-34(32)20-11-9-19(10-12-20)27-22-25-14-17(21(28-22)26-16(2)15-30)7-8-18-6-4-5-13-24-18/h4-6,9-14,16,30H,3,15H2,1-2H3,(H2,25,26,27,28)/q-1/t16-/m1/s1. The van der Waals surface area contributed by atoms with E-state index in [4.69, 9.17) is 0 Å². The van der Waals surface area contributed by atoms with E-state index in [0.29, 0.717) is 33.6 Å².